The topological polar surface area (TPSA) is 18.1 Å². The van der Waals surface area contributed by atoms with Crippen LogP contribution in [0.3, 0.4) is 0 Å². The predicted molar refractivity (Wildman–Crippen MR) is 219 cm³/mol. The van der Waals surface area contributed by atoms with Gasteiger partial charge in [0.2, 0.25) is 0 Å². The van der Waals surface area contributed by atoms with Crippen molar-refractivity contribution in [1.29, 1.82) is 0 Å². The van der Waals surface area contributed by atoms with Gasteiger partial charge in [0.05, 0.1) is 11.0 Å². The van der Waals surface area contributed by atoms with Crippen LogP contribution >= 0.6 is 0 Å². The van der Waals surface area contributed by atoms with E-state index in [0.717, 1.165) is 27.6 Å². The SMILES string of the molecule is c1ccc(-c2cc(-c3ccccc3)cc(-n3c4ccccc4c4cc(-c5cc6cc7c(cc6c6ccccc56)oc5ccccc57)ccc43)c2)cc1. The Morgan fingerprint density at radius 2 is 0.923 bits per heavy atom. The Kier molecular flexibility index (Phi) is 6.28. The zero-order valence-corrected chi connectivity index (χ0v) is 28.3. The molecule has 0 radical (unpaired) electrons. The molecule has 0 amide bonds. The van der Waals surface area contributed by atoms with Crippen LogP contribution in [0.1, 0.15) is 0 Å². The van der Waals surface area contributed by atoms with Gasteiger partial charge in [0.1, 0.15) is 11.2 Å². The zero-order valence-electron chi connectivity index (χ0n) is 28.3. The Morgan fingerprint density at radius 3 is 1.67 bits per heavy atom. The summed E-state index contributed by atoms with van der Waals surface area (Å²) >= 11 is 0. The number of fused-ring (bicyclic) bond motifs is 9. The van der Waals surface area contributed by atoms with E-state index in [0.29, 0.717) is 0 Å². The lowest BCUT2D eigenvalue weighted by Crippen LogP contribution is -1.96. The average Bonchev–Trinajstić information content (AvgIpc) is 3.75. The van der Waals surface area contributed by atoms with Crippen LogP contribution in [0, 0.1) is 0 Å². The minimum absolute atomic E-state index is 0.921. The lowest BCUT2D eigenvalue weighted by atomic mass is 9.92. The van der Waals surface area contributed by atoms with Gasteiger partial charge in [-0.15, -0.1) is 0 Å². The number of para-hydroxylation sites is 2. The molecule has 0 saturated carbocycles. The maximum atomic E-state index is 6.31. The van der Waals surface area contributed by atoms with Crippen LogP contribution in [0.15, 0.2) is 192 Å². The van der Waals surface area contributed by atoms with Gasteiger partial charge in [-0.2, -0.15) is 0 Å². The minimum atomic E-state index is 0.921. The van der Waals surface area contributed by atoms with Gasteiger partial charge >= 0.3 is 0 Å². The van der Waals surface area contributed by atoms with Crippen LogP contribution < -0.4 is 0 Å². The number of aromatic nitrogens is 1. The number of hydrogen-bond donors (Lipinski definition) is 0. The van der Waals surface area contributed by atoms with Crippen LogP contribution in [0.2, 0.25) is 0 Å². The molecule has 2 aromatic heterocycles. The molecule has 0 fully saturated rings. The second-order valence-electron chi connectivity index (χ2n) is 13.7. The van der Waals surface area contributed by atoms with Gasteiger partial charge in [-0.1, -0.05) is 127 Å². The van der Waals surface area contributed by atoms with E-state index >= 15 is 0 Å². The lowest BCUT2D eigenvalue weighted by molar-refractivity contribution is 0.669. The Hall–Kier alpha value is -6.90. The lowest BCUT2D eigenvalue weighted by Gasteiger charge is -2.14. The summed E-state index contributed by atoms with van der Waals surface area (Å²) in [6, 6.07) is 68.2. The highest BCUT2D eigenvalue weighted by Gasteiger charge is 2.18. The highest BCUT2D eigenvalue weighted by Crippen LogP contribution is 2.42. The molecular weight excluding hydrogens is 631 g/mol. The van der Waals surface area contributed by atoms with Crippen molar-refractivity contribution in [3.8, 4) is 39.1 Å². The van der Waals surface area contributed by atoms with Crippen LogP contribution in [-0.4, -0.2) is 4.57 Å². The van der Waals surface area contributed by atoms with Crippen molar-refractivity contribution in [1.82, 2.24) is 4.57 Å². The summed E-state index contributed by atoms with van der Waals surface area (Å²) in [4.78, 5) is 0. The van der Waals surface area contributed by atoms with E-state index in [1.807, 2.05) is 6.07 Å². The molecule has 0 N–H and O–H groups in total. The molecule has 2 heterocycles. The van der Waals surface area contributed by atoms with Gasteiger partial charge < -0.3 is 8.98 Å². The largest absolute Gasteiger partial charge is 0.456 e. The molecule has 242 valence electrons. The van der Waals surface area contributed by atoms with Gasteiger partial charge in [0, 0.05) is 27.2 Å². The molecule has 0 bridgehead atoms. The van der Waals surface area contributed by atoms with Crippen molar-refractivity contribution in [2.75, 3.05) is 0 Å². The van der Waals surface area contributed by atoms with Crippen molar-refractivity contribution < 1.29 is 4.42 Å². The maximum Gasteiger partial charge on any atom is 0.136 e. The van der Waals surface area contributed by atoms with Crippen LogP contribution in [0.4, 0.5) is 0 Å². The summed E-state index contributed by atoms with van der Waals surface area (Å²) in [5.41, 5.74) is 12.6. The van der Waals surface area contributed by atoms with Crippen molar-refractivity contribution >= 4 is 65.3 Å². The number of benzene rings is 9. The molecule has 0 aliphatic heterocycles. The summed E-state index contributed by atoms with van der Waals surface area (Å²) in [7, 11) is 0. The van der Waals surface area contributed by atoms with Crippen LogP contribution in [-0.2, 0) is 0 Å². The summed E-state index contributed by atoms with van der Waals surface area (Å²) in [6.07, 6.45) is 0. The van der Waals surface area contributed by atoms with Gasteiger partial charge in [0.25, 0.3) is 0 Å². The maximum absolute atomic E-state index is 6.31. The predicted octanol–water partition coefficient (Wildman–Crippen LogP) is 14.0. The molecule has 0 unspecified atom stereocenters. The van der Waals surface area contributed by atoms with E-state index in [9.17, 15) is 0 Å². The summed E-state index contributed by atoms with van der Waals surface area (Å²) in [5, 5.41) is 9.65. The fourth-order valence-corrected chi connectivity index (χ4v) is 8.32. The first-order valence-electron chi connectivity index (χ1n) is 17.8. The van der Waals surface area contributed by atoms with Crippen LogP contribution in [0.25, 0.3) is 104 Å². The van der Waals surface area contributed by atoms with Gasteiger partial charge in [-0.05, 0) is 116 Å². The minimum Gasteiger partial charge on any atom is -0.456 e. The first kappa shape index (κ1) is 28.9. The third kappa shape index (κ3) is 4.44. The second kappa shape index (κ2) is 11.3. The van der Waals surface area contributed by atoms with E-state index in [1.54, 1.807) is 0 Å². The first-order valence-corrected chi connectivity index (χ1v) is 17.8. The third-order valence-electron chi connectivity index (χ3n) is 10.7. The molecular formula is C50H31NO. The smallest absolute Gasteiger partial charge is 0.136 e. The molecule has 0 atom stereocenters. The molecule has 11 aromatic rings. The molecule has 0 saturated heterocycles. The summed E-state index contributed by atoms with van der Waals surface area (Å²) in [6.45, 7) is 0. The summed E-state index contributed by atoms with van der Waals surface area (Å²) in [5.74, 6) is 0. The van der Waals surface area contributed by atoms with Crippen molar-refractivity contribution in [3.63, 3.8) is 0 Å². The van der Waals surface area contributed by atoms with E-state index in [-0.39, 0.29) is 0 Å². The molecule has 0 aliphatic carbocycles. The Balaban J connectivity index is 1.15. The number of rotatable bonds is 4. The highest BCUT2D eigenvalue weighted by atomic mass is 16.3. The third-order valence-corrected chi connectivity index (χ3v) is 10.7. The Bertz CT molecular complexity index is 3110. The number of nitrogens with zero attached hydrogens (tertiary/aromatic N) is 1. The molecule has 11 rings (SSSR count). The number of hydrogen-bond acceptors (Lipinski definition) is 1. The number of furan rings is 1. The summed E-state index contributed by atoms with van der Waals surface area (Å²) < 4.78 is 8.75. The fourth-order valence-electron chi connectivity index (χ4n) is 8.32. The molecule has 52 heavy (non-hydrogen) atoms. The van der Waals surface area contributed by atoms with Crippen molar-refractivity contribution in [2.24, 2.45) is 0 Å². The highest BCUT2D eigenvalue weighted by molar-refractivity contribution is 6.20. The van der Waals surface area contributed by atoms with Gasteiger partial charge in [0.15, 0.2) is 0 Å². The van der Waals surface area contributed by atoms with Gasteiger partial charge in [-0.3, -0.25) is 0 Å². The zero-order chi connectivity index (χ0) is 34.2. The van der Waals surface area contributed by atoms with E-state index in [2.05, 4.69) is 187 Å². The quantitative estimate of drug-likeness (QED) is 0.172. The monoisotopic (exact) mass is 661 g/mol. The van der Waals surface area contributed by atoms with E-state index in [1.165, 1.54) is 76.7 Å². The average molecular weight is 662 g/mol. The fraction of sp³-hybridized carbons (Fsp3) is 0. The van der Waals surface area contributed by atoms with E-state index < -0.39 is 0 Å². The molecule has 0 aliphatic rings. The standard InChI is InChI=1S/C50H31NO/c1-3-13-32(14-4-1)35-25-36(33-15-5-2-6-16-33)27-38(26-35)51-47-21-11-9-19-41(47)45-28-34(23-24-48(45)51)43-29-37-30-46-42-20-10-12-22-49(42)52-50(46)31-44(37)40-18-8-7-17-39(40)43/h1-31H. The molecule has 9 aromatic carbocycles. The molecule has 2 nitrogen and oxygen atoms in total. The van der Waals surface area contributed by atoms with Crippen molar-refractivity contribution in [2.45, 2.75) is 0 Å². The first-order chi connectivity index (χ1) is 25.8. The van der Waals surface area contributed by atoms with Gasteiger partial charge in [-0.25, -0.2) is 0 Å². The Morgan fingerprint density at radius 1 is 0.308 bits per heavy atom. The normalized spacial score (nSPS) is 11.8. The molecule has 0 spiro atoms. The van der Waals surface area contributed by atoms with E-state index in [4.69, 9.17) is 4.42 Å². The second-order valence-corrected chi connectivity index (χ2v) is 13.7. The Labute approximate surface area is 300 Å². The molecule has 2 heteroatoms. The van der Waals surface area contributed by atoms with Crippen LogP contribution in [0.5, 0.6) is 0 Å². The van der Waals surface area contributed by atoms with Crippen molar-refractivity contribution in [3.05, 3.63) is 188 Å².